The van der Waals surface area contributed by atoms with Gasteiger partial charge in [-0.25, -0.2) is 0 Å². The first-order valence-corrected chi connectivity index (χ1v) is 9.16. The Morgan fingerprint density at radius 3 is 2.65 bits per heavy atom. The molecule has 2 aromatic heterocycles. The highest BCUT2D eigenvalue weighted by atomic mass is 35.5. The van der Waals surface area contributed by atoms with Gasteiger partial charge in [-0.2, -0.15) is 4.98 Å². The summed E-state index contributed by atoms with van der Waals surface area (Å²) in [4.78, 5) is 4.43. The van der Waals surface area contributed by atoms with Crippen LogP contribution in [-0.2, 0) is 5.75 Å². The molecule has 2 heterocycles. The number of hydrogen-bond donors (Lipinski definition) is 0. The van der Waals surface area contributed by atoms with E-state index in [-0.39, 0.29) is 0 Å². The fourth-order valence-electron chi connectivity index (χ4n) is 2.35. The van der Waals surface area contributed by atoms with Gasteiger partial charge in [0.2, 0.25) is 17.6 Å². The highest BCUT2D eigenvalue weighted by molar-refractivity contribution is 7.98. The summed E-state index contributed by atoms with van der Waals surface area (Å²) in [5.74, 6) is 1.96. The molecule has 0 spiro atoms. The molecule has 0 saturated heterocycles. The van der Waals surface area contributed by atoms with Crippen molar-refractivity contribution >= 4 is 23.4 Å². The molecule has 0 unspecified atom stereocenters. The lowest BCUT2D eigenvalue weighted by molar-refractivity contribution is 0.391. The molecule has 0 aliphatic rings. The highest BCUT2D eigenvalue weighted by Gasteiger charge is 2.13. The fourth-order valence-corrected chi connectivity index (χ4v) is 3.07. The summed E-state index contributed by atoms with van der Waals surface area (Å²) in [6.07, 6.45) is 0. The first-order chi connectivity index (χ1) is 12.7. The summed E-state index contributed by atoms with van der Waals surface area (Å²) in [5, 5.41) is 13.2. The molecule has 0 aliphatic heterocycles. The van der Waals surface area contributed by atoms with Crippen LogP contribution in [0.3, 0.4) is 0 Å². The van der Waals surface area contributed by atoms with Crippen molar-refractivity contribution in [2.24, 2.45) is 0 Å². The molecular weight excluding hydrogens is 372 g/mol. The van der Waals surface area contributed by atoms with E-state index in [0.717, 1.165) is 16.7 Å². The smallest absolute Gasteiger partial charge is 0.277 e. The summed E-state index contributed by atoms with van der Waals surface area (Å²) >= 11 is 7.23. The van der Waals surface area contributed by atoms with Crippen LogP contribution in [0, 0.1) is 6.92 Å². The minimum atomic E-state index is 0.436. The monoisotopic (exact) mass is 384 g/mol. The molecule has 4 rings (SSSR count). The van der Waals surface area contributed by atoms with E-state index in [9.17, 15) is 0 Å². The van der Waals surface area contributed by atoms with E-state index >= 15 is 0 Å². The van der Waals surface area contributed by atoms with E-state index in [1.807, 2.05) is 43.3 Å². The van der Waals surface area contributed by atoms with Gasteiger partial charge >= 0.3 is 0 Å². The second-order valence-electron chi connectivity index (χ2n) is 5.50. The summed E-state index contributed by atoms with van der Waals surface area (Å²) in [7, 11) is 0. The number of thioether (sulfide) groups is 1. The molecule has 0 N–H and O–H groups in total. The van der Waals surface area contributed by atoms with Crippen LogP contribution >= 0.6 is 23.4 Å². The van der Waals surface area contributed by atoms with Crippen LogP contribution < -0.4 is 0 Å². The van der Waals surface area contributed by atoms with Crippen LogP contribution in [0.15, 0.2) is 62.7 Å². The SMILES string of the molecule is Cc1ccccc1-c1noc(CSc2nnc(-c3ccc(Cl)cc3)o2)n1. The molecule has 0 amide bonds. The lowest BCUT2D eigenvalue weighted by atomic mass is 10.1. The first kappa shape index (κ1) is 16.8. The van der Waals surface area contributed by atoms with Crippen molar-refractivity contribution in [2.75, 3.05) is 0 Å². The van der Waals surface area contributed by atoms with Gasteiger partial charge in [-0.15, -0.1) is 10.2 Å². The number of halogens is 1. The Morgan fingerprint density at radius 1 is 1.04 bits per heavy atom. The van der Waals surface area contributed by atoms with Crippen molar-refractivity contribution in [1.29, 1.82) is 0 Å². The Balaban J connectivity index is 1.44. The van der Waals surface area contributed by atoms with Crippen LogP contribution in [-0.4, -0.2) is 20.3 Å². The average molecular weight is 385 g/mol. The van der Waals surface area contributed by atoms with Crippen molar-refractivity contribution in [3.05, 3.63) is 65.0 Å². The van der Waals surface area contributed by atoms with Gasteiger partial charge in [-0.1, -0.05) is 52.8 Å². The molecule has 0 atom stereocenters. The van der Waals surface area contributed by atoms with E-state index in [0.29, 0.717) is 33.6 Å². The molecule has 26 heavy (non-hydrogen) atoms. The minimum Gasteiger partial charge on any atom is -0.411 e. The number of rotatable bonds is 5. The van der Waals surface area contributed by atoms with Gasteiger partial charge < -0.3 is 8.94 Å². The van der Waals surface area contributed by atoms with Gasteiger partial charge in [0.25, 0.3) is 5.22 Å². The third-order valence-electron chi connectivity index (χ3n) is 3.67. The van der Waals surface area contributed by atoms with Gasteiger partial charge in [-0.3, -0.25) is 0 Å². The summed E-state index contributed by atoms with van der Waals surface area (Å²) in [6.45, 7) is 2.01. The fraction of sp³-hybridized carbons (Fsp3) is 0.111. The normalized spacial score (nSPS) is 11.0. The van der Waals surface area contributed by atoms with Crippen molar-refractivity contribution in [3.63, 3.8) is 0 Å². The van der Waals surface area contributed by atoms with Gasteiger partial charge in [0.15, 0.2) is 0 Å². The van der Waals surface area contributed by atoms with Crippen molar-refractivity contribution in [2.45, 2.75) is 17.9 Å². The van der Waals surface area contributed by atoms with Gasteiger partial charge in [0.05, 0.1) is 5.75 Å². The van der Waals surface area contributed by atoms with E-state index in [2.05, 4.69) is 20.3 Å². The van der Waals surface area contributed by atoms with Crippen LogP contribution in [0.1, 0.15) is 11.5 Å². The molecular formula is C18H13ClN4O2S. The predicted octanol–water partition coefficient (Wildman–Crippen LogP) is 5.04. The van der Waals surface area contributed by atoms with Crippen LogP contribution in [0.5, 0.6) is 0 Å². The molecule has 0 aliphatic carbocycles. The number of benzene rings is 2. The van der Waals surface area contributed by atoms with Gasteiger partial charge in [-0.05, 0) is 36.8 Å². The van der Waals surface area contributed by atoms with E-state index in [1.54, 1.807) is 12.1 Å². The molecule has 0 fully saturated rings. The quantitative estimate of drug-likeness (QED) is 0.446. The second-order valence-corrected chi connectivity index (χ2v) is 6.86. The zero-order valence-corrected chi connectivity index (χ0v) is 15.3. The zero-order valence-electron chi connectivity index (χ0n) is 13.7. The molecule has 130 valence electrons. The zero-order chi connectivity index (χ0) is 17.9. The topological polar surface area (TPSA) is 77.8 Å². The molecule has 4 aromatic rings. The summed E-state index contributed by atoms with van der Waals surface area (Å²) in [6, 6.07) is 15.1. The van der Waals surface area contributed by atoms with E-state index in [4.69, 9.17) is 20.5 Å². The highest BCUT2D eigenvalue weighted by Crippen LogP contribution is 2.27. The molecule has 0 bridgehead atoms. The maximum Gasteiger partial charge on any atom is 0.277 e. The summed E-state index contributed by atoms with van der Waals surface area (Å²) < 4.78 is 11.0. The van der Waals surface area contributed by atoms with Crippen molar-refractivity contribution in [1.82, 2.24) is 20.3 Å². The number of nitrogens with zero attached hydrogens (tertiary/aromatic N) is 4. The molecule has 6 nitrogen and oxygen atoms in total. The standard InChI is InChI=1S/C18H13ClN4O2S/c1-11-4-2-3-5-14(11)16-20-15(25-23-16)10-26-18-22-21-17(24-18)12-6-8-13(19)9-7-12/h2-9H,10H2,1H3. The van der Waals surface area contributed by atoms with E-state index in [1.165, 1.54) is 11.8 Å². The number of aryl methyl sites for hydroxylation is 1. The number of aromatic nitrogens is 4. The van der Waals surface area contributed by atoms with Crippen molar-refractivity contribution in [3.8, 4) is 22.8 Å². The summed E-state index contributed by atoms with van der Waals surface area (Å²) in [5.41, 5.74) is 2.86. The van der Waals surface area contributed by atoms with Gasteiger partial charge in [0, 0.05) is 16.1 Å². The Hall–Kier alpha value is -2.64. The number of hydrogen-bond acceptors (Lipinski definition) is 7. The largest absolute Gasteiger partial charge is 0.411 e. The first-order valence-electron chi connectivity index (χ1n) is 7.80. The Bertz CT molecular complexity index is 1030. The average Bonchev–Trinajstić information content (AvgIpc) is 3.30. The van der Waals surface area contributed by atoms with E-state index < -0.39 is 0 Å². The second kappa shape index (κ2) is 7.31. The molecule has 0 saturated carbocycles. The molecule has 2 aromatic carbocycles. The Labute approximate surface area is 158 Å². The lowest BCUT2D eigenvalue weighted by Crippen LogP contribution is -1.85. The molecule has 0 radical (unpaired) electrons. The van der Waals surface area contributed by atoms with Crippen molar-refractivity contribution < 1.29 is 8.94 Å². The third kappa shape index (κ3) is 3.63. The molecule has 8 heteroatoms. The van der Waals surface area contributed by atoms with Crippen LogP contribution in [0.25, 0.3) is 22.8 Å². The Morgan fingerprint density at radius 2 is 1.85 bits per heavy atom. The Kier molecular flexibility index (Phi) is 4.73. The van der Waals surface area contributed by atoms with Crippen LogP contribution in [0.2, 0.25) is 5.02 Å². The predicted molar refractivity (Wildman–Crippen MR) is 98.8 cm³/mol. The van der Waals surface area contributed by atoms with Crippen LogP contribution in [0.4, 0.5) is 0 Å². The third-order valence-corrected chi connectivity index (χ3v) is 4.73. The van der Waals surface area contributed by atoms with Gasteiger partial charge in [0.1, 0.15) is 0 Å². The lowest BCUT2D eigenvalue weighted by Gasteiger charge is -1.97. The maximum absolute atomic E-state index is 5.88. The maximum atomic E-state index is 5.88. The minimum absolute atomic E-state index is 0.436.